The van der Waals surface area contributed by atoms with Crippen LogP contribution in [0.4, 0.5) is 10.8 Å². The molecule has 5 nitrogen and oxygen atoms in total. The fourth-order valence-corrected chi connectivity index (χ4v) is 4.86. The molecule has 0 bridgehead atoms. The number of amidine groups is 1. The average Bonchev–Trinajstić information content (AvgIpc) is 3.34. The number of thiazole rings is 1. The predicted molar refractivity (Wildman–Crippen MR) is 128 cm³/mol. The minimum atomic E-state index is -0.0848. The Morgan fingerprint density at radius 2 is 2.03 bits per heavy atom. The SMILES string of the molecule is C=CCN1C(=O)/C(=C(\C)c2cccc(N)c2)S/C1=N/c1nc(-c2ccccc2)cs1. The quantitative estimate of drug-likeness (QED) is 0.325. The molecule has 0 atom stereocenters. The fraction of sp³-hybridized carbons (Fsp3) is 0.0870. The first-order valence-corrected chi connectivity index (χ1v) is 11.0. The number of aliphatic imine (C=N–C) groups is 1. The number of aromatic nitrogens is 1. The van der Waals surface area contributed by atoms with E-state index in [1.54, 1.807) is 11.0 Å². The molecule has 0 saturated carbocycles. The molecule has 1 fully saturated rings. The molecule has 2 heterocycles. The van der Waals surface area contributed by atoms with Gasteiger partial charge in [0.25, 0.3) is 5.91 Å². The summed E-state index contributed by atoms with van der Waals surface area (Å²) in [5, 5.41) is 3.19. The highest BCUT2D eigenvalue weighted by Gasteiger charge is 2.34. The highest BCUT2D eigenvalue weighted by Crippen LogP contribution is 2.38. The highest BCUT2D eigenvalue weighted by molar-refractivity contribution is 8.18. The number of nitrogens with zero attached hydrogens (tertiary/aromatic N) is 3. The van der Waals surface area contributed by atoms with E-state index in [1.165, 1.54) is 23.1 Å². The van der Waals surface area contributed by atoms with Gasteiger partial charge in [-0.25, -0.2) is 4.98 Å². The van der Waals surface area contributed by atoms with E-state index < -0.39 is 0 Å². The molecule has 150 valence electrons. The maximum Gasteiger partial charge on any atom is 0.267 e. The first kappa shape index (κ1) is 20.1. The number of anilines is 1. The fourth-order valence-electron chi connectivity index (χ4n) is 3.05. The summed E-state index contributed by atoms with van der Waals surface area (Å²) in [6, 6.07) is 17.5. The topological polar surface area (TPSA) is 71.6 Å². The number of nitrogen functional groups attached to an aromatic ring is 1. The first-order chi connectivity index (χ1) is 14.6. The molecule has 0 spiro atoms. The molecular formula is C23H20N4OS2. The minimum Gasteiger partial charge on any atom is -0.399 e. The lowest BCUT2D eigenvalue weighted by molar-refractivity contribution is -0.121. The molecule has 30 heavy (non-hydrogen) atoms. The number of amides is 1. The average molecular weight is 433 g/mol. The Balaban J connectivity index is 1.69. The Kier molecular flexibility index (Phi) is 5.83. The Morgan fingerprint density at radius 3 is 2.77 bits per heavy atom. The number of hydrogen-bond acceptors (Lipinski definition) is 6. The van der Waals surface area contributed by atoms with Gasteiger partial charge >= 0.3 is 0 Å². The molecule has 0 aliphatic carbocycles. The van der Waals surface area contributed by atoms with Crippen LogP contribution < -0.4 is 5.73 Å². The van der Waals surface area contributed by atoms with Crippen molar-refractivity contribution in [2.75, 3.05) is 12.3 Å². The molecule has 0 unspecified atom stereocenters. The number of rotatable bonds is 5. The lowest BCUT2D eigenvalue weighted by atomic mass is 10.1. The molecule has 1 amide bonds. The van der Waals surface area contributed by atoms with E-state index in [0.717, 1.165) is 22.4 Å². The number of allylic oxidation sites excluding steroid dienone is 1. The monoisotopic (exact) mass is 432 g/mol. The normalized spacial score (nSPS) is 16.9. The zero-order chi connectivity index (χ0) is 21.1. The van der Waals surface area contributed by atoms with Crippen molar-refractivity contribution in [1.29, 1.82) is 0 Å². The third-order valence-corrected chi connectivity index (χ3v) is 6.50. The summed E-state index contributed by atoms with van der Waals surface area (Å²) in [4.78, 5) is 24.7. The van der Waals surface area contributed by atoms with Crippen molar-refractivity contribution < 1.29 is 4.79 Å². The summed E-state index contributed by atoms with van der Waals surface area (Å²) in [6.45, 7) is 6.10. The van der Waals surface area contributed by atoms with Crippen LogP contribution in [-0.2, 0) is 4.79 Å². The smallest absolute Gasteiger partial charge is 0.267 e. The molecule has 0 radical (unpaired) electrons. The molecule has 2 N–H and O–H groups in total. The summed E-state index contributed by atoms with van der Waals surface area (Å²) in [5.41, 5.74) is 10.3. The lowest BCUT2D eigenvalue weighted by Crippen LogP contribution is -2.29. The van der Waals surface area contributed by atoms with Gasteiger partial charge in [0, 0.05) is 23.2 Å². The van der Waals surface area contributed by atoms with E-state index in [-0.39, 0.29) is 5.91 Å². The van der Waals surface area contributed by atoms with Crippen molar-refractivity contribution in [1.82, 2.24) is 9.88 Å². The summed E-state index contributed by atoms with van der Waals surface area (Å²) >= 11 is 2.81. The van der Waals surface area contributed by atoms with Gasteiger partial charge in [0.05, 0.1) is 10.6 Å². The summed E-state index contributed by atoms with van der Waals surface area (Å²) in [7, 11) is 0. The molecular weight excluding hydrogens is 412 g/mol. The van der Waals surface area contributed by atoms with E-state index in [4.69, 9.17) is 5.73 Å². The summed E-state index contributed by atoms with van der Waals surface area (Å²) in [6.07, 6.45) is 1.70. The molecule has 4 rings (SSSR count). The zero-order valence-electron chi connectivity index (χ0n) is 16.4. The first-order valence-electron chi connectivity index (χ1n) is 9.34. The number of nitrogens with two attached hydrogens (primary N) is 1. The summed E-state index contributed by atoms with van der Waals surface area (Å²) in [5.74, 6) is -0.0848. The van der Waals surface area contributed by atoms with E-state index in [2.05, 4.69) is 16.6 Å². The summed E-state index contributed by atoms with van der Waals surface area (Å²) < 4.78 is 0. The van der Waals surface area contributed by atoms with E-state index in [1.807, 2.05) is 66.9 Å². The van der Waals surface area contributed by atoms with E-state index in [0.29, 0.717) is 27.4 Å². The molecule has 1 aromatic heterocycles. The molecule has 1 saturated heterocycles. The number of carbonyl (C=O) groups is 1. The number of hydrogen-bond donors (Lipinski definition) is 1. The van der Waals surface area contributed by atoms with Crippen LogP contribution in [0, 0.1) is 0 Å². The van der Waals surface area contributed by atoms with Crippen LogP contribution in [0.25, 0.3) is 16.8 Å². The van der Waals surface area contributed by atoms with Crippen molar-refractivity contribution in [3.63, 3.8) is 0 Å². The zero-order valence-corrected chi connectivity index (χ0v) is 18.0. The van der Waals surface area contributed by atoms with Gasteiger partial charge in [-0.3, -0.25) is 9.69 Å². The van der Waals surface area contributed by atoms with Crippen molar-refractivity contribution in [3.05, 3.63) is 83.1 Å². The van der Waals surface area contributed by atoms with E-state index in [9.17, 15) is 4.79 Å². The van der Waals surface area contributed by atoms with Crippen molar-refractivity contribution >= 4 is 50.6 Å². The third-order valence-electron chi connectivity index (χ3n) is 4.59. The van der Waals surface area contributed by atoms with Crippen LogP contribution >= 0.6 is 23.1 Å². The second-order valence-electron chi connectivity index (χ2n) is 6.66. The Bertz CT molecular complexity index is 1160. The minimum absolute atomic E-state index is 0.0848. The Morgan fingerprint density at radius 1 is 1.23 bits per heavy atom. The van der Waals surface area contributed by atoms with Crippen molar-refractivity contribution in [3.8, 4) is 11.3 Å². The number of carbonyl (C=O) groups excluding carboxylic acids is 1. The van der Waals surface area contributed by atoms with Gasteiger partial charge < -0.3 is 5.73 Å². The highest BCUT2D eigenvalue weighted by atomic mass is 32.2. The van der Waals surface area contributed by atoms with Crippen LogP contribution in [0.15, 0.2) is 82.5 Å². The maximum absolute atomic E-state index is 13.1. The second kappa shape index (κ2) is 8.69. The lowest BCUT2D eigenvalue weighted by Gasteiger charge is -2.12. The number of benzene rings is 2. The van der Waals surface area contributed by atoms with Crippen LogP contribution in [0.1, 0.15) is 12.5 Å². The van der Waals surface area contributed by atoms with Gasteiger partial charge in [0.15, 0.2) is 5.17 Å². The molecule has 3 aromatic rings. The van der Waals surface area contributed by atoms with Gasteiger partial charge in [-0.1, -0.05) is 48.5 Å². The van der Waals surface area contributed by atoms with Gasteiger partial charge in [-0.2, -0.15) is 4.99 Å². The Labute approximate surface area is 183 Å². The van der Waals surface area contributed by atoms with Crippen LogP contribution in [0.3, 0.4) is 0 Å². The van der Waals surface area contributed by atoms with Gasteiger partial charge in [-0.15, -0.1) is 17.9 Å². The third kappa shape index (κ3) is 4.08. The maximum atomic E-state index is 13.1. The van der Waals surface area contributed by atoms with Crippen molar-refractivity contribution in [2.45, 2.75) is 6.92 Å². The van der Waals surface area contributed by atoms with Crippen LogP contribution in [0.5, 0.6) is 0 Å². The molecule has 1 aliphatic heterocycles. The number of thioether (sulfide) groups is 1. The standard InChI is InChI=1S/C23H20N4OS2/c1-3-12-27-21(28)20(15(2)17-10-7-11-18(24)13-17)30-23(27)26-22-25-19(14-29-22)16-8-5-4-6-9-16/h3-11,13-14H,1,12,24H2,2H3/b20-15-,26-23+. The van der Waals surface area contributed by atoms with Crippen LogP contribution in [-0.4, -0.2) is 27.5 Å². The van der Waals surface area contributed by atoms with E-state index >= 15 is 0 Å². The van der Waals surface area contributed by atoms with Gasteiger partial charge in [0.1, 0.15) is 0 Å². The van der Waals surface area contributed by atoms with Gasteiger partial charge in [-0.05, 0) is 42.0 Å². The van der Waals surface area contributed by atoms with Crippen molar-refractivity contribution in [2.24, 2.45) is 4.99 Å². The Hall–Kier alpha value is -3.16. The molecule has 7 heteroatoms. The molecule has 1 aliphatic rings. The molecule has 2 aromatic carbocycles. The second-order valence-corrected chi connectivity index (χ2v) is 8.48. The predicted octanol–water partition coefficient (Wildman–Crippen LogP) is 5.57. The van der Waals surface area contributed by atoms with Crippen LogP contribution in [0.2, 0.25) is 0 Å². The largest absolute Gasteiger partial charge is 0.399 e. The van der Waals surface area contributed by atoms with Gasteiger partial charge in [0.2, 0.25) is 5.13 Å².